The maximum absolute atomic E-state index is 10.5. The molecule has 0 saturated carbocycles. The van der Waals surface area contributed by atoms with Crippen LogP contribution in [0, 0.1) is 0 Å². The molecule has 0 atom stereocenters. The Balaban J connectivity index is 2.50. The topological polar surface area (TPSA) is 29.5 Å². The molecule has 0 aliphatic rings. The average Bonchev–Trinajstić information content (AvgIpc) is 2.16. The van der Waals surface area contributed by atoms with Crippen molar-refractivity contribution in [3.63, 3.8) is 0 Å². The van der Waals surface area contributed by atoms with Crippen LogP contribution in [-0.4, -0.2) is 30.8 Å². The first kappa shape index (κ1) is 13.0. The molecule has 4 heteroatoms. The van der Waals surface area contributed by atoms with E-state index in [9.17, 15) is 4.79 Å². The first-order valence-electron chi connectivity index (χ1n) is 5.13. The molecule has 1 aromatic carbocycles. The molecule has 0 saturated heterocycles. The van der Waals surface area contributed by atoms with E-state index in [0.717, 1.165) is 12.3 Å². The highest BCUT2D eigenvalue weighted by Crippen LogP contribution is 2.14. The van der Waals surface area contributed by atoms with Crippen molar-refractivity contribution in [2.75, 3.05) is 20.7 Å². The van der Waals surface area contributed by atoms with Crippen LogP contribution >= 0.6 is 11.6 Å². The van der Waals surface area contributed by atoms with Crippen LogP contribution in [0.15, 0.2) is 24.3 Å². The van der Waals surface area contributed by atoms with Crippen LogP contribution in [0.2, 0.25) is 0 Å². The Bertz CT molecular complexity index is 353. The summed E-state index contributed by atoms with van der Waals surface area (Å²) in [5.41, 5.74) is 1.18. The van der Waals surface area contributed by atoms with Crippen LogP contribution in [0.5, 0.6) is 5.75 Å². The minimum atomic E-state index is -0.371. The van der Waals surface area contributed by atoms with Gasteiger partial charge in [0.05, 0.1) is 13.0 Å². The largest absolute Gasteiger partial charge is 0.493 e. The summed E-state index contributed by atoms with van der Waals surface area (Å²) in [5, 5.41) is -0.371. The average molecular weight is 242 g/mol. The maximum atomic E-state index is 10.5. The van der Waals surface area contributed by atoms with E-state index in [2.05, 4.69) is 4.90 Å². The predicted molar refractivity (Wildman–Crippen MR) is 64.8 cm³/mol. The van der Waals surface area contributed by atoms with Crippen molar-refractivity contribution < 1.29 is 9.53 Å². The van der Waals surface area contributed by atoms with Crippen molar-refractivity contribution in [3.05, 3.63) is 29.8 Å². The zero-order chi connectivity index (χ0) is 12.0. The fourth-order valence-corrected chi connectivity index (χ4v) is 1.43. The third-order valence-electron chi connectivity index (χ3n) is 1.96. The van der Waals surface area contributed by atoms with E-state index in [1.54, 1.807) is 0 Å². The summed E-state index contributed by atoms with van der Waals surface area (Å²) >= 11 is 5.22. The number of hydrogen-bond donors (Lipinski definition) is 0. The van der Waals surface area contributed by atoms with Crippen molar-refractivity contribution in [3.8, 4) is 5.75 Å². The summed E-state index contributed by atoms with van der Waals surface area (Å²) < 4.78 is 5.42. The number of rotatable bonds is 6. The van der Waals surface area contributed by atoms with Gasteiger partial charge in [-0.25, -0.2) is 0 Å². The number of ether oxygens (including phenoxy) is 1. The lowest BCUT2D eigenvalue weighted by Gasteiger charge is -2.11. The zero-order valence-corrected chi connectivity index (χ0v) is 10.3. The van der Waals surface area contributed by atoms with Gasteiger partial charge in [0.15, 0.2) is 0 Å². The predicted octanol–water partition coefficient (Wildman–Crippen LogP) is 2.28. The fraction of sp³-hybridized carbons (Fsp3) is 0.417. The van der Waals surface area contributed by atoms with E-state index >= 15 is 0 Å². The minimum absolute atomic E-state index is 0.236. The molecule has 0 aliphatic carbocycles. The van der Waals surface area contributed by atoms with Crippen molar-refractivity contribution in [2.24, 2.45) is 0 Å². The van der Waals surface area contributed by atoms with Crippen molar-refractivity contribution in [1.29, 1.82) is 0 Å². The standard InChI is InChI=1S/C12H16ClNO2/c1-14(2)9-10-4-3-5-11(8-10)16-7-6-12(13)15/h3-5,8H,6-7,9H2,1-2H3. The van der Waals surface area contributed by atoms with Crippen LogP contribution in [0.1, 0.15) is 12.0 Å². The van der Waals surface area contributed by atoms with Gasteiger partial charge < -0.3 is 9.64 Å². The minimum Gasteiger partial charge on any atom is -0.493 e. The molecule has 0 aliphatic heterocycles. The van der Waals surface area contributed by atoms with E-state index in [4.69, 9.17) is 16.3 Å². The van der Waals surface area contributed by atoms with Gasteiger partial charge in [-0.2, -0.15) is 0 Å². The lowest BCUT2D eigenvalue weighted by Crippen LogP contribution is -2.10. The quantitative estimate of drug-likeness (QED) is 0.716. The summed E-state index contributed by atoms with van der Waals surface area (Å²) in [7, 11) is 4.03. The molecule has 3 nitrogen and oxygen atoms in total. The number of carbonyl (C=O) groups excluding carboxylic acids is 1. The number of hydrogen-bond acceptors (Lipinski definition) is 3. The third-order valence-corrected chi connectivity index (χ3v) is 2.15. The Kier molecular flexibility index (Phi) is 5.29. The normalized spacial score (nSPS) is 10.5. The molecule has 0 amide bonds. The summed E-state index contributed by atoms with van der Waals surface area (Å²) in [6, 6.07) is 7.83. The first-order valence-corrected chi connectivity index (χ1v) is 5.50. The lowest BCUT2D eigenvalue weighted by atomic mass is 10.2. The number of nitrogens with zero attached hydrogens (tertiary/aromatic N) is 1. The number of benzene rings is 1. The monoisotopic (exact) mass is 241 g/mol. The summed E-state index contributed by atoms with van der Waals surface area (Å²) in [5.74, 6) is 0.775. The van der Waals surface area contributed by atoms with E-state index in [1.165, 1.54) is 5.56 Å². The molecule has 0 fully saturated rings. The van der Waals surface area contributed by atoms with Crippen LogP contribution in [0.4, 0.5) is 0 Å². The van der Waals surface area contributed by atoms with E-state index in [1.807, 2.05) is 38.4 Å². The van der Waals surface area contributed by atoms with Gasteiger partial charge in [-0.1, -0.05) is 12.1 Å². The molecule has 1 aromatic rings. The Hall–Kier alpha value is -1.06. The number of carbonyl (C=O) groups is 1. The third kappa shape index (κ3) is 5.14. The van der Waals surface area contributed by atoms with E-state index in [0.29, 0.717) is 6.61 Å². The Labute approximate surface area is 101 Å². The molecule has 0 unspecified atom stereocenters. The van der Waals surface area contributed by atoms with Gasteiger partial charge in [-0.05, 0) is 43.4 Å². The first-order chi connectivity index (χ1) is 7.58. The fourth-order valence-electron chi connectivity index (χ4n) is 1.35. The van der Waals surface area contributed by atoms with E-state index < -0.39 is 0 Å². The number of halogens is 1. The molecular weight excluding hydrogens is 226 g/mol. The van der Waals surface area contributed by atoms with Gasteiger partial charge in [0, 0.05) is 6.54 Å². The molecule has 16 heavy (non-hydrogen) atoms. The lowest BCUT2D eigenvalue weighted by molar-refractivity contribution is -0.112. The highest BCUT2D eigenvalue weighted by atomic mass is 35.5. The molecule has 0 radical (unpaired) electrons. The zero-order valence-electron chi connectivity index (χ0n) is 9.57. The molecule has 0 heterocycles. The highest BCUT2D eigenvalue weighted by molar-refractivity contribution is 6.63. The summed E-state index contributed by atoms with van der Waals surface area (Å²) in [6.45, 7) is 1.19. The van der Waals surface area contributed by atoms with Gasteiger partial charge in [0.25, 0.3) is 0 Å². The van der Waals surface area contributed by atoms with Crippen LogP contribution in [0.25, 0.3) is 0 Å². The smallest absolute Gasteiger partial charge is 0.225 e. The van der Waals surface area contributed by atoms with Gasteiger partial charge in [0.2, 0.25) is 5.24 Å². The SMILES string of the molecule is CN(C)Cc1cccc(OCCC(=O)Cl)c1. The second-order valence-corrected chi connectivity index (χ2v) is 4.26. The molecule has 0 spiro atoms. The van der Waals surface area contributed by atoms with Gasteiger partial charge in [-0.3, -0.25) is 4.79 Å². The van der Waals surface area contributed by atoms with E-state index in [-0.39, 0.29) is 11.7 Å². The van der Waals surface area contributed by atoms with Crippen molar-refractivity contribution in [2.45, 2.75) is 13.0 Å². The maximum Gasteiger partial charge on any atom is 0.225 e. The Morgan fingerprint density at radius 3 is 2.81 bits per heavy atom. The summed E-state index contributed by atoms with van der Waals surface area (Å²) in [6.07, 6.45) is 0.236. The molecule has 88 valence electrons. The van der Waals surface area contributed by atoms with Crippen molar-refractivity contribution in [1.82, 2.24) is 4.90 Å². The second-order valence-electron chi connectivity index (χ2n) is 3.84. The van der Waals surface area contributed by atoms with Crippen LogP contribution < -0.4 is 4.74 Å². The molecule has 0 N–H and O–H groups in total. The second kappa shape index (κ2) is 6.51. The van der Waals surface area contributed by atoms with Gasteiger partial charge in [0.1, 0.15) is 5.75 Å². The van der Waals surface area contributed by atoms with Crippen molar-refractivity contribution >= 4 is 16.8 Å². The Morgan fingerprint density at radius 2 is 2.19 bits per heavy atom. The Morgan fingerprint density at radius 1 is 1.44 bits per heavy atom. The van der Waals surface area contributed by atoms with Crippen LogP contribution in [0.3, 0.4) is 0 Å². The van der Waals surface area contributed by atoms with Gasteiger partial charge >= 0.3 is 0 Å². The molecule has 1 rings (SSSR count). The molecular formula is C12H16ClNO2. The molecule has 0 bridgehead atoms. The van der Waals surface area contributed by atoms with Gasteiger partial charge in [-0.15, -0.1) is 0 Å². The summed E-state index contributed by atoms with van der Waals surface area (Å²) in [4.78, 5) is 12.6. The highest BCUT2D eigenvalue weighted by Gasteiger charge is 2.00. The molecule has 0 aromatic heterocycles. The van der Waals surface area contributed by atoms with Crippen LogP contribution in [-0.2, 0) is 11.3 Å².